The molecule has 4 N–H and O–H groups in total. The molecule has 0 unspecified atom stereocenters. The van der Waals surface area contributed by atoms with Crippen LogP contribution in [0.3, 0.4) is 0 Å². The Morgan fingerprint density at radius 3 is 2.28 bits per heavy atom. The molecule has 3 aromatic rings. The van der Waals surface area contributed by atoms with Crippen molar-refractivity contribution in [2.45, 2.75) is 32.4 Å². The number of likely N-dealkylation sites (N-methyl/N-ethyl adjacent to an activating group) is 1. The number of hydrogen-bond acceptors (Lipinski definition) is 5. The fourth-order valence-electron chi connectivity index (χ4n) is 4.68. The number of alkyl halides is 2. The number of hydrogen-bond donors (Lipinski definition) is 3. The minimum absolute atomic E-state index is 0.0643. The van der Waals surface area contributed by atoms with Crippen LogP contribution in [-0.4, -0.2) is 53.9 Å². The minimum atomic E-state index is -3.10. The normalized spacial score (nSPS) is 17.9. The highest BCUT2D eigenvalue weighted by Crippen LogP contribution is 2.37. The lowest BCUT2D eigenvalue weighted by atomic mass is 9.99. The number of nitrogens with one attached hydrogen (secondary N) is 2. The number of nitrogens with zero attached hydrogens (tertiary/aromatic N) is 2. The maximum absolute atomic E-state index is 15.5. The second-order valence-electron chi connectivity index (χ2n) is 9.60. The first-order valence-electron chi connectivity index (χ1n) is 12.1. The van der Waals surface area contributed by atoms with E-state index >= 15 is 4.39 Å². The number of carbonyl (C=O) groups is 2. The van der Waals surface area contributed by atoms with Crippen LogP contribution in [0.2, 0.25) is 0 Å². The summed E-state index contributed by atoms with van der Waals surface area (Å²) < 4.78 is 57.2. The van der Waals surface area contributed by atoms with E-state index in [1.54, 1.807) is 0 Å². The van der Waals surface area contributed by atoms with Gasteiger partial charge in [0, 0.05) is 48.6 Å². The van der Waals surface area contributed by atoms with Gasteiger partial charge in [-0.05, 0) is 50.7 Å². The Morgan fingerprint density at radius 2 is 1.69 bits per heavy atom. The van der Waals surface area contributed by atoms with E-state index in [1.807, 2.05) is 25.8 Å². The SMILES string of the molecule is C[C@@H]1CN(c2cc(F)c(-c3ccc(C(N)=O)c(F)c3)cc2NC(=O)c2c[nH]c(=O)cc2C(F)F)C[C@H](C)N1C. The van der Waals surface area contributed by atoms with Crippen molar-refractivity contribution in [2.75, 3.05) is 30.4 Å². The van der Waals surface area contributed by atoms with Gasteiger partial charge in [-0.3, -0.25) is 19.3 Å². The van der Waals surface area contributed by atoms with Crippen molar-refractivity contribution >= 4 is 23.2 Å². The minimum Gasteiger partial charge on any atom is -0.367 e. The molecule has 2 aromatic carbocycles. The van der Waals surface area contributed by atoms with Crippen LogP contribution >= 0.6 is 0 Å². The molecule has 4 rings (SSSR count). The van der Waals surface area contributed by atoms with E-state index in [0.29, 0.717) is 24.8 Å². The smallest absolute Gasteiger partial charge is 0.264 e. The molecule has 1 saturated heterocycles. The predicted molar refractivity (Wildman–Crippen MR) is 139 cm³/mol. The molecule has 1 aliphatic rings. The van der Waals surface area contributed by atoms with Gasteiger partial charge in [-0.1, -0.05) is 6.07 Å². The van der Waals surface area contributed by atoms with Crippen molar-refractivity contribution < 1.29 is 27.2 Å². The van der Waals surface area contributed by atoms with Gasteiger partial charge >= 0.3 is 0 Å². The summed E-state index contributed by atoms with van der Waals surface area (Å²) in [6.07, 6.45) is -2.20. The summed E-state index contributed by atoms with van der Waals surface area (Å²) >= 11 is 0. The number of piperazine rings is 1. The van der Waals surface area contributed by atoms with Crippen molar-refractivity contribution in [1.29, 1.82) is 0 Å². The lowest BCUT2D eigenvalue weighted by molar-refractivity contribution is 0.0992. The van der Waals surface area contributed by atoms with Gasteiger partial charge in [0.15, 0.2) is 0 Å². The molecule has 39 heavy (non-hydrogen) atoms. The third-order valence-electron chi connectivity index (χ3n) is 7.02. The van der Waals surface area contributed by atoms with E-state index in [-0.39, 0.29) is 34.5 Å². The molecule has 2 heterocycles. The Balaban J connectivity index is 1.83. The van der Waals surface area contributed by atoms with E-state index < -0.39 is 46.6 Å². The maximum atomic E-state index is 15.5. The third-order valence-corrected chi connectivity index (χ3v) is 7.02. The van der Waals surface area contributed by atoms with Crippen LogP contribution in [0.25, 0.3) is 11.1 Å². The van der Waals surface area contributed by atoms with Gasteiger partial charge in [0.25, 0.3) is 18.2 Å². The average molecular weight is 546 g/mol. The molecule has 1 aliphatic heterocycles. The molecular formula is C27H27F4N5O3. The van der Waals surface area contributed by atoms with Gasteiger partial charge in [0.1, 0.15) is 11.6 Å². The van der Waals surface area contributed by atoms with Crippen molar-refractivity contribution in [1.82, 2.24) is 9.88 Å². The molecule has 2 amide bonds. The number of aromatic nitrogens is 1. The van der Waals surface area contributed by atoms with Crippen molar-refractivity contribution in [3.8, 4) is 11.1 Å². The summed E-state index contributed by atoms with van der Waals surface area (Å²) in [5, 5.41) is 2.58. The molecule has 0 saturated carbocycles. The largest absolute Gasteiger partial charge is 0.367 e. The fourth-order valence-corrected chi connectivity index (χ4v) is 4.68. The highest BCUT2D eigenvalue weighted by molar-refractivity contribution is 6.07. The Hall–Kier alpha value is -4.19. The molecule has 0 aliphatic carbocycles. The van der Waals surface area contributed by atoms with Crippen LogP contribution in [0.5, 0.6) is 0 Å². The Labute approximate surface area is 221 Å². The van der Waals surface area contributed by atoms with E-state index in [2.05, 4.69) is 15.2 Å². The van der Waals surface area contributed by atoms with Gasteiger partial charge in [-0.2, -0.15) is 0 Å². The molecule has 8 nitrogen and oxygen atoms in total. The van der Waals surface area contributed by atoms with Gasteiger partial charge < -0.3 is 20.9 Å². The molecule has 0 bridgehead atoms. The monoisotopic (exact) mass is 545 g/mol. The Kier molecular flexibility index (Phi) is 7.77. The van der Waals surface area contributed by atoms with Crippen LogP contribution < -0.4 is 21.5 Å². The number of anilines is 2. The first kappa shape index (κ1) is 27.8. The fraction of sp³-hybridized carbons (Fsp3) is 0.296. The van der Waals surface area contributed by atoms with Crippen LogP contribution in [-0.2, 0) is 0 Å². The molecule has 0 radical (unpaired) electrons. The van der Waals surface area contributed by atoms with E-state index in [1.165, 1.54) is 18.2 Å². The van der Waals surface area contributed by atoms with Crippen LogP contribution in [0.4, 0.5) is 28.9 Å². The summed E-state index contributed by atoms with van der Waals surface area (Å²) in [6.45, 7) is 4.94. The molecule has 1 aromatic heterocycles. The quantitative estimate of drug-likeness (QED) is 0.404. The summed E-state index contributed by atoms with van der Waals surface area (Å²) in [5.74, 6) is -3.63. The number of aromatic amines is 1. The maximum Gasteiger partial charge on any atom is 0.264 e. The average Bonchev–Trinajstić information content (AvgIpc) is 2.87. The number of nitrogens with two attached hydrogens (primary N) is 1. The summed E-state index contributed by atoms with van der Waals surface area (Å²) in [5.41, 5.74) is 3.12. The lowest BCUT2D eigenvalue weighted by Gasteiger charge is -2.44. The number of H-pyrrole nitrogens is 1. The Morgan fingerprint density at radius 1 is 1.03 bits per heavy atom. The van der Waals surface area contributed by atoms with Gasteiger partial charge in [0.2, 0.25) is 5.56 Å². The van der Waals surface area contributed by atoms with Crippen molar-refractivity contribution in [3.05, 3.63) is 81.3 Å². The van der Waals surface area contributed by atoms with Gasteiger partial charge in [-0.15, -0.1) is 0 Å². The standard InChI is InChI=1S/C27H27F4N5O3/c1-13-11-36(12-14(2)35(13)3)23-9-21(29)17(15-4-5-16(26(32)38)20(28)6-15)7-22(23)34-27(39)19-10-33-24(37)8-18(19)25(30)31/h4-10,13-14,25H,11-12H2,1-3H3,(H2,32,38)(H,33,37)(H,34,39)/t13-,14+. The van der Waals surface area contributed by atoms with Crippen LogP contribution in [0, 0.1) is 11.6 Å². The summed E-state index contributed by atoms with van der Waals surface area (Å²) in [4.78, 5) is 42.4. The number of rotatable bonds is 6. The second-order valence-corrected chi connectivity index (χ2v) is 9.60. The third kappa shape index (κ3) is 5.65. The summed E-state index contributed by atoms with van der Waals surface area (Å²) in [6, 6.07) is 6.63. The zero-order chi connectivity index (χ0) is 28.6. The number of carbonyl (C=O) groups excluding carboxylic acids is 2. The zero-order valence-electron chi connectivity index (χ0n) is 21.4. The second kappa shape index (κ2) is 10.9. The molecule has 12 heteroatoms. The molecular weight excluding hydrogens is 518 g/mol. The van der Waals surface area contributed by atoms with Crippen LogP contribution in [0.15, 0.2) is 47.4 Å². The number of primary amides is 1. The molecule has 2 atom stereocenters. The molecule has 1 fully saturated rings. The number of pyridine rings is 1. The number of halogens is 4. The first-order chi connectivity index (χ1) is 18.4. The number of benzene rings is 2. The van der Waals surface area contributed by atoms with Crippen LogP contribution in [0.1, 0.15) is 46.6 Å². The van der Waals surface area contributed by atoms with Crippen molar-refractivity contribution in [2.24, 2.45) is 5.73 Å². The van der Waals surface area contributed by atoms with E-state index in [4.69, 9.17) is 5.73 Å². The highest BCUT2D eigenvalue weighted by Gasteiger charge is 2.30. The van der Waals surface area contributed by atoms with Gasteiger partial charge in [-0.25, -0.2) is 17.6 Å². The Bertz CT molecular complexity index is 1480. The molecule has 0 spiro atoms. The van der Waals surface area contributed by atoms with E-state index in [9.17, 15) is 27.6 Å². The topological polar surface area (TPSA) is 112 Å². The number of amides is 2. The van der Waals surface area contributed by atoms with E-state index in [0.717, 1.165) is 18.3 Å². The molecule has 206 valence electrons. The highest BCUT2D eigenvalue weighted by atomic mass is 19.3. The lowest BCUT2D eigenvalue weighted by Crippen LogP contribution is -2.55. The van der Waals surface area contributed by atoms with Gasteiger partial charge in [0.05, 0.1) is 22.5 Å². The predicted octanol–water partition coefficient (Wildman–Crippen LogP) is 4.14. The van der Waals surface area contributed by atoms with Crippen molar-refractivity contribution in [3.63, 3.8) is 0 Å². The zero-order valence-corrected chi connectivity index (χ0v) is 21.4. The first-order valence-corrected chi connectivity index (χ1v) is 12.1. The summed E-state index contributed by atoms with van der Waals surface area (Å²) in [7, 11) is 1.96.